The summed E-state index contributed by atoms with van der Waals surface area (Å²) in [6.07, 6.45) is 12.4. The SMILES string of the molecule is CCCCCCC1(CCCCCC)c2cc(N(c3ccc(C)cc3)c3ccc(C)cc3)ccc2-c2ccc(N(c3ccc(C)cc3)c3ccc(C)cc3)cc21. The van der Waals surface area contributed by atoms with Crippen LogP contribution >= 0.6 is 0 Å². The second kappa shape index (κ2) is 17.2. The van der Waals surface area contributed by atoms with Gasteiger partial charge in [0.05, 0.1) is 0 Å². The normalized spacial score (nSPS) is 12.7. The molecule has 0 aromatic heterocycles. The number of nitrogens with zero attached hydrogens (tertiary/aromatic N) is 2. The van der Waals surface area contributed by atoms with E-state index in [0.29, 0.717) is 0 Å². The summed E-state index contributed by atoms with van der Waals surface area (Å²) >= 11 is 0. The molecule has 0 spiro atoms. The zero-order valence-electron chi connectivity index (χ0n) is 34.2. The van der Waals surface area contributed by atoms with E-state index >= 15 is 0 Å². The fourth-order valence-electron chi connectivity index (χ4n) is 8.79. The molecule has 0 fully saturated rings. The highest BCUT2D eigenvalue weighted by molar-refractivity contribution is 5.88. The van der Waals surface area contributed by atoms with Crippen LogP contribution < -0.4 is 9.80 Å². The zero-order valence-corrected chi connectivity index (χ0v) is 34.2. The van der Waals surface area contributed by atoms with Crippen LogP contribution in [0, 0.1) is 27.7 Å². The summed E-state index contributed by atoms with van der Waals surface area (Å²) in [4.78, 5) is 4.92. The number of hydrogen-bond donors (Lipinski definition) is 0. The van der Waals surface area contributed by atoms with E-state index in [1.807, 2.05) is 0 Å². The maximum Gasteiger partial charge on any atom is 0.0465 e. The molecule has 0 unspecified atom stereocenters. The van der Waals surface area contributed by atoms with E-state index in [1.165, 1.54) is 130 Å². The van der Waals surface area contributed by atoms with Gasteiger partial charge in [-0.1, -0.05) is 148 Å². The molecule has 0 aliphatic heterocycles. The number of benzene rings is 6. The number of anilines is 6. The molecule has 2 heteroatoms. The fraction of sp³-hybridized carbons (Fsp3) is 0.321. The lowest BCUT2D eigenvalue weighted by Gasteiger charge is -2.35. The second-order valence-corrected chi connectivity index (χ2v) is 16.2. The van der Waals surface area contributed by atoms with Crippen LogP contribution in [0.5, 0.6) is 0 Å². The van der Waals surface area contributed by atoms with Crippen LogP contribution in [0.25, 0.3) is 11.1 Å². The molecule has 55 heavy (non-hydrogen) atoms. The fourth-order valence-corrected chi connectivity index (χ4v) is 8.79. The van der Waals surface area contributed by atoms with Crippen molar-refractivity contribution in [2.45, 2.75) is 111 Å². The topological polar surface area (TPSA) is 6.48 Å². The molecule has 6 aromatic rings. The van der Waals surface area contributed by atoms with Gasteiger partial charge in [-0.2, -0.15) is 0 Å². The number of aryl methyl sites for hydroxylation is 4. The molecule has 1 aliphatic carbocycles. The third kappa shape index (κ3) is 8.15. The van der Waals surface area contributed by atoms with Crippen molar-refractivity contribution in [1.82, 2.24) is 0 Å². The van der Waals surface area contributed by atoms with Gasteiger partial charge in [-0.05, 0) is 136 Å². The van der Waals surface area contributed by atoms with E-state index in [0.717, 1.165) is 12.8 Å². The molecule has 0 amide bonds. The van der Waals surface area contributed by atoms with Crippen LogP contribution in [0.1, 0.15) is 111 Å². The van der Waals surface area contributed by atoms with E-state index in [9.17, 15) is 0 Å². The molecule has 0 atom stereocenters. The van der Waals surface area contributed by atoms with E-state index in [1.54, 1.807) is 0 Å². The van der Waals surface area contributed by atoms with Gasteiger partial charge in [0.15, 0.2) is 0 Å². The van der Waals surface area contributed by atoms with Crippen molar-refractivity contribution in [3.63, 3.8) is 0 Å². The summed E-state index contributed by atoms with van der Waals surface area (Å²) in [7, 11) is 0. The van der Waals surface area contributed by atoms with E-state index in [2.05, 4.69) is 185 Å². The molecule has 0 saturated carbocycles. The van der Waals surface area contributed by atoms with E-state index in [4.69, 9.17) is 0 Å². The van der Waals surface area contributed by atoms with Gasteiger partial charge in [0.1, 0.15) is 0 Å². The Kier molecular flexibility index (Phi) is 11.9. The Labute approximate surface area is 331 Å². The van der Waals surface area contributed by atoms with Gasteiger partial charge in [0.25, 0.3) is 0 Å². The summed E-state index contributed by atoms with van der Waals surface area (Å²) in [5.41, 5.74) is 18.1. The van der Waals surface area contributed by atoms with E-state index in [-0.39, 0.29) is 5.41 Å². The minimum Gasteiger partial charge on any atom is -0.310 e. The molecule has 0 heterocycles. The summed E-state index contributed by atoms with van der Waals surface area (Å²) in [6.45, 7) is 13.3. The summed E-state index contributed by atoms with van der Waals surface area (Å²) in [5.74, 6) is 0. The lowest BCUT2D eigenvalue weighted by atomic mass is 9.70. The first-order valence-corrected chi connectivity index (χ1v) is 21.0. The van der Waals surface area contributed by atoms with Crippen LogP contribution in [0.4, 0.5) is 34.1 Å². The van der Waals surface area contributed by atoms with Crippen LogP contribution in [-0.2, 0) is 5.41 Å². The van der Waals surface area contributed by atoms with Gasteiger partial charge in [-0.25, -0.2) is 0 Å². The average molecular weight is 725 g/mol. The Bertz CT molecular complexity index is 1910. The lowest BCUT2D eigenvalue weighted by molar-refractivity contribution is 0.401. The zero-order chi connectivity index (χ0) is 38.4. The first-order chi connectivity index (χ1) is 26.8. The van der Waals surface area contributed by atoms with Gasteiger partial charge in [-0.3, -0.25) is 0 Å². The standard InChI is InChI=1S/C53H60N2/c1-7-9-11-13-35-53(36-14-12-10-8-2)51-37-47(54(43-23-15-39(3)16-24-43)44-25-17-40(4)18-26-44)31-33-49(51)50-34-32-48(38-52(50)53)55(45-27-19-41(5)20-28-45)46-29-21-42(6)22-30-46/h15-34,37-38H,7-14,35-36H2,1-6H3. The van der Waals surface area contributed by atoms with Gasteiger partial charge in [0.2, 0.25) is 0 Å². The number of fused-ring (bicyclic) bond motifs is 3. The number of rotatable bonds is 16. The molecule has 0 N–H and O–H groups in total. The molecule has 0 bridgehead atoms. The minimum absolute atomic E-state index is 0.0728. The van der Waals surface area contributed by atoms with Crippen molar-refractivity contribution in [2.24, 2.45) is 0 Å². The first-order valence-electron chi connectivity index (χ1n) is 21.0. The smallest absolute Gasteiger partial charge is 0.0465 e. The lowest BCUT2D eigenvalue weighted by Crippen LogP contribution is -2.26. The van der Waals surface area contributed by atoms with Crippen LogP contribution in [0.3, 0.4) is 0 Å². The monoisotopic (exact) mass is 724 g/mol. The molecule has 2 nitrogen and oxygen atoms in total. The summed E-state index contributed by atoms with van der Waals surface area (Å²) < 4.78 is 0. The highest BCUT2D eigenvalue weighted by atomic mass is 15.1. The van der Waals surface area contributed by atoms with Crippen molar-refractivity contribution in [3.8, 4) is 11.1 Å². The Morgan fingerprint density at radius 2 is 0.636 bits per heavy atom. The van der Waals surface area contributed by atoms with Gasteiger partial charge >= 0.3 is 0 Å². The van der Waals surface area contributed by atoms with Gasteiger partial charge in [-0.15, -0.1) is 0 Å². The maximum atomic E-state index is 2.58. The van der Waals surface area contributed by atoms with Gasteiger partial charge < -0.3 is 9.80 Å². The predicted molar refractivity (Wildman–Crippen MR) is 238 cm³/mol. The largest absolute Gasteiger partial charge is 0.310 e. The molecular weight excluding hydrogens is 665 g/mol. The molecule has 6 aromatic carbocycles. The highest BCUT2D eigenvalue weighted by Crippen LogP contribution is 2.57. The van der Waals surface area contributed by atoms with Crippen molar-refractivity contribution in [1.29, 1.82) is 0 Å². The first kappa shape index (κ1) is 38.2. The second-order valence-electron chi connectivity index (χ2n) is 16.2. The molecule has 7 rings (SSSR count). The van der Waals surface area contributed by atoms with Crippen LogP contribution in [-0.4, -0.2) is 0 Å². The van der Waals surface area contributed by atoms with Gasteiger partial charge in [0, 0.05) is 39.5 Å². The third-order valence-corrected chi connectivity index (χ3v) is 11.9. The van der Waals surface area contributed by atoms with Crippen LogP contribution in [0.15, 0.2) is 133 Å². The summed E-state index contributed by atoms with van der Waals surface area (Å²) in [6, 6.07) is 50.9. The average Bonchev–Trinajstić information content (AvgIpc) is 3.46. The van der Waals surface area contributed by atoms with Crippen molar-refractivity contribution in [3.05, 3.63) is 167 Å². The Morgan fingerprint density at radius 3 is 0.927 bits per heavy atom. The Morgan fingerprint density at radius 1 is 0.345 bits per heavy atom. The molecule has 282 valence electrons. The quantitative estimate of drug-likeness (QED) is 0.0917. The molecule has 0 saturated heterocycles. The predicted octanol–water partition coefficient (Wildman–Crippen LogP) is 16.1. The highest BCUT2D eigenvalue weighted by Gasteiger charge is 2.43. The minimum atomic E-state index is -0.0728. The third-order valence-electron chi connectivity index (χ3n) is 11.9. The van der Waals surface area contributed by atoms with E-state index < -0.39 is 0 Å². The van der Waals surface area contributed by atoms with Crippen molar-refractivity contribution in [2.75, 3.05) is 9.80 Å². The molecule has 1 aliphatic rings. The van der Waals surface area contributed by atoms with Crippen molar-refractivity contribution >= 4 is 34.1 Å². The summed E-state index contributed by atoms with van der Waals surface area (Å²) in [5, 5.41) is 0. The maximum absolute atomic E-state index is 2.58. The molecular formula is C53H60N2. The Balaban J connectivity index is 1.42. The van der Waals surface area contributed by atoms with Crippen LogP contribution in [0.2, 0.25) is 0 Å². The molecule has 0 radical (unpaired) electrons. The Hall–Kier alpha value is -5.08. The number of hydrogen-bond acceptors (Lipinski definition) is 2. The van der Waals surface area contributed by atoms with Crippen molar-refractivity contribution < 1.29 is 0 Å². The number of unbranched alkanes of at least 4 members (excludes halogenated alkanes) is 6.